The van der Waals surface area contributed by atoms with Crippen LogP contribution in [0.1, 0.15) is 37.7 Å². The van der Waals surface area contributed by atoms with Gasteiger partial charge in [0.1, 0.15) is 11.5 Å². The average molecular weight is 385 g/mol. The fourth-order valence-corrected chi connectivity index (χ4v) is 5.12. The Morgan fingerprint density at radius 3 is 2.61 bits per heavy atom. The number of carbonyl (C=O) groups excluding carboxylic acids is 3. The van der Waals surface area contributed by atoms with E-state index in [9.17, 15) is 14.4 Å². The van der Waals surface area contributed by atoms with E-state index in [-0.39, 0.29) is 41.6 Å². The summed E-state index contributed by atoms with van der Waals surface area (Å²) in [6.07, 6.45) is 1.75. The van der Waals surface area contributed by atoms with Crippen molar-refractivity contribution in [3.8, 4) is 5.75 Å². The van der Waals surface area contributed by atoms with Crippen molar-refractivity contribution in [1.29, 1.82) is 0 Å². The lowest BCUT2D eigenvalue weighted by atomic mass is 9.63. The normalized spacial score (nSPS) is 32.4. The van der Waals surface area contributed by atoms with E-state index in [2.05, 4.69) is 10.6 Å². The number of amides is 3. The highest BCUT2D eigenvalue weighted by Crippen LogP contribution is 2.45. The molecule has 1 aromatic rings. The number of carbonyl (C=O) groups is 3. The first-order valence-corrected chi connectivity index (χ1v) is 10.0. The van der Waals surface area contributed by atoms with Crippen LogP contribution in [0.2, 0.25) is 0 Å². The summed E-state index contributed by atoms with van der Waals surface area (Å²) in [7, 11) is 1.63. The summed E-state index contributed by atoms with van der Waals surface area (Å²) < 4.78 is 5.23. The van der Waals surface area contributed by atoms with Gasteiger partial charge in [-0.2, -0.15) is 0 Å². The first kappa shape index (κ1) is 18.9. The maximum Gasteiger partial charge on any atom is 0.325 e. The van der Waals surface area contributed by atoms with Crippen LogP contribution >= 0.6 is 0 Å². The molecule has 2 N–H and O–H groups in total. The van der Waals surface area contributed by atoms with Crippen molar-refractivity contribution in [3.63, 3.8) is 0 Å². The predicted molar refractivity (Wildman–Crippen MR) is 103 cm³/mol. The molecule has 3 aliphatic rings. The van der Waals surface area contributed by atoms with Crippen LogP contribution in [0.25, 0.3) is 0 Å². The smallest absolute Gasteiger partial charge is 0.325 e. The number of imide groups is 1. The minimum absolute atomic E-state index is 0.0629. The molecule has 7 nitrogen and oxygen atoms in total. The maximum atomic E-state index is 12.9. The van der Waals surface area contributed by atoms with Crippen LogP contribution in [0.4, 0.5) is 4.79 Å². The fraction of sp³-hybridized carbons (Fsp3) is 0.571. The number of nitrogens with one attached hydrogen (secondary N) is 2. The van der Waals surface area contributed by atoms with Gasteiger partial charge >= 0.3 is 6.03 Å². The lowest BCUT2D eigenvalue weighted by molar-refractivity contribution is -0.141. The minimum atomic E-state index is -0.395. The Labute approximate surface area is 164 Å². The largest absolute Gasteiger partial charge is 0.497 e. The van der Waals surface area contributed by atoms with E-state index >= 15 is 0 Å². The number of urea groups is 1. The summed E-state index contributed by atoms with van der Waals surface area (Å²) >= 11 is 0. The van der Waals surface area contributed by atoms with Crippen molar-refractivity contribution >= 4 is 17.7 Å². The molecule has 2 aliphatic heterocycles. The zero-order valence-electron chi connectivity index (χ0n) is 16.3. The lowest BCUT2D eigenvalue weighted by Gasteiger charge is -2.51. The number of ketones is 1. The molecule has 1 saturated carbocycles. The highest BCUT2D eigenvalue weighted by molar-refractivity contribution is 5.99. The zero-order valence-corrected chi connectivity index (χ0v) is 16.3. The molecule has 2 heterocycles. The highest BCUT2D eigenvalue weighted by Gasteiger charge is 2.53. The van der Waals surface area contributed by atoms with E-state index in [1.807, 2.05) is 31.2 Å². The van der Waals surface area contributed by atoms with E-state index in [0.29, 0.717) is 19.5 Å². The Kier molecular flexibility index (Phi) is 5.10. The van der Waals surface area contributed by atoms with Gasteiger partial charge in [-0.1, -0.05) is 19.1 Å². The van der Waals surface area contributed by atoms with Gasteiger partial charge in [0, 0.05) is 25.4 Å². The third-order valence-electron chi connectivity index (χ3n) is 6.46. The van der Waals surface area contributed by atoms with Crippen LogP contribution in [-0.4, -0.2) is 49.0 Å². The molecule has 0 spiro atoms. The van der Waals surface area contributed by atoms with Crippen LogP contribution in [0.5, 0.6) is 5.75 Å². The molecule has 1 aromatic carbocycles. The van der Waals surface area contributed by atoms with Gasteiger partial charge in [-0.05, 0) is 42.4 Å². The number of hydrogen-bond donors (Lipinski definition) is 2. The Hall–Kier alpha value is -2.41. The molecule has 4 rings (SSSR count). The molecule has 5 atom stereocenters. The van der Waals surface area contributed by atoms with Gasteiger partial charge in [0.25, 0.3) is 0 Å². The fourth-order valence-electron chi connectivity index (χ4n) is 5.12. The number of nitrogens with zero attached hydrogens (tertiary/aromatic N) is 1. The van der Waals surface area contributed by atoms with E-state index in [4.69, 9.17) is 4.74 Å². The zero-order chi connectivity index (χ0) is 19.8. The van der Waals surface area contributed by atoms with Crippen LogP contribution in [0.3, 0.4) is 0 Å². The van der Waals surface area contributed by atoms with Crippen molar-refractivity contribution < 1.29 is 19.1 Å². The van der Waals surface area contributed by atoms with Crippen molar-refractivity contribution in [1.82, 2.24) is 15.5 Å². The van der Waals surface area contributed by atoms with Crippen LogP contribution < -0.4 is 15.4 Å². The Balaban J connectivity index is 1.61. The second-order valence-corrected chi connectivity index (χ2v) is 8.01. The third kappa shape index (κ3) is 3.17. The summed E-state index contributed by atoms with van der Waals surface area (Å²) in [5.41, 5.74) is 1.10. The molecule has 2 saturated heterocycles. The molecular weight excluding hydrogens is 358 g/mol. The summed E-state index contributed by atoms with van der Waals surface area (Å²) in [4.78, 5) is 39.7. The van der Waals surface area contributed by atoms with Crippen LogP contribution in [0.15, 0.2) is 24.3 Å². The summed E-state index contributed by atoms with van der Waals surface area (Å²) in [6.45, 7) is 3.12. The molecule has 5 unspecified atom stereocenters. The Morgan fingerprint density at radius 1 is 1.18 bits per heavy atom. The lowest BCUT2D eigenvalue weighted by Crippen LogP contribution is -2.71. The molecular formula is C21H27N3O4. The second kappa shape index (κ2) is 7.54. The van der Waals surface area contributed by atoms with Crippen molar-refractivity contribution in [2.45, 2.75) is 38.3 Å². The van der Waals surface area contributed by atoms with Crippen molar-refractivity contribution in [3.05, 3.63) is 29.8 Å². The first-order valence-electron chi connectivity index (χ1n) is 10.0. The molecule has 28 heavy (non-hydrogen) atoms. The summed E-state index contributed by atoms with van der Waals surface area (Å²) in [5.74, 6) is 0.190. The molecule has 1 aliphatic carbocycles. The Bertz CT molecular complexity index is 778. The summed E-state index contributed by atoms with van der Waals surface area (Å²) in [6, 6.07) is 7.48. The number of benzene rings is 1. The number of piperidine rings is 1. The molecule has 3 amide bonds. The number of methoxy groups -OCH3 is 1. The monoisotopic (exact) mass is 385 g/mol. The summed E-state index contributed by atoms with van der Waals surface area (Å²) in [5, 5.41) is 5.83. The van der Waals surface area contributed by atoms with E-state index in [0.717, 1.165) is 24.2 Å². The standard InChI is InChI=1S/C21H27N3O4/c1-3-8-24-19-18(20(26)23-21(24)27)15-9-13(10-17(25)16(15)11-22-19)12-4-6-14(28-2)7-5-12/h4-7,13,15-16,18-19,22H,3,8-11H2,1-2H3,(H,23,26,27). The van der Waals surface area contributed by atoms with Gasteiger partial charge in [0.15, 0.2) is 0 Å². The number of ether oxygens (including phenoxy) is 1. The maximum absolute atomic E-state index is 12.9. The van der Waals surface area contributed by atoms with Gasteiger partial charge in [0.05, 0.1) is 19.2 Å². The molecule has 150 valence electrons. The molecule has 0 aromatic heterocycles. The van der Waals surface area contributed by atoms with Gasteiger partial charge < -0.3 is 9.64 Å². The van der Waals surface area contributed by atoms with Gasteiger partial charge in [0.2, 0.25) is 5.91 Å². The van der Waals surface area contributed by atoms with Crippen molar-refractivity contribution in [2.75, 3.05) is 20.2 Å². The van der Waals surface area contributed by atoms with Gasteiger partial charge in [-0.3, -0.25) is 20.2 Å². The van der Waals surface area contributed by atoms with E-state index in [1.54, 1.807) is 12.0 Å². The van der Waals surface area contributed by atoms with Gasteiger partial charge in [-0.25, -0.2) is 4.79 Å². The number of hydrogen-bond acceptors (Lipinski definition) is 5. The Morgan fingerprint density at radius 2 is 1.93 bits per heavy atom. The highest BCUT2D eigenvalue weighted by atomic mass is 16.5. The average Bonchev–Trinajstić information content (AvgIpc) is 2.70. The number of Topliss-reactive ketones (excluding diaryl/α,β-unsaturated/α-hetero) is 1. The topological polar surface area (TPSA) is 87.7 Å². The van der Waals surface area contributed by atoms with E-state index in [1.165, 1.54) is 0 Å². The number of fused-ring (bicyclic) bond motifs is 3. The molecule has 0 radical (unpaired) electrons. The van der Waals surface area contributed by atoms with E-state index < -0.39 is 5.92 Å². The molecule has 0 bridgehead atoms. The number of rotatable bonds is 4. The van der Waals surface area contributed by atoms with Crippen molar-refractivity contribution in [2.24, 2.45) is 17.8 Å². The van der Waals surface area contributed by atoms with Crippen LogP contribution in [-0.2, 0) is 9.59 Å². The molecule has 7 heteroatoms. The van der Waals surface area contributed by atoms with Crippen LogP contribution in [0, 0.1) is 17.8 Å². The predicted octanol–water partition coefficient (Wildman–Crippen LogP) is 1.88. The first-order chi connectivity index (χ1) is 13.5. The third-order valence-corrected chi connectivity index (χ3v) is 6.46. The quantitative estimate of drug-likeness (QED) is 0.826. The SMILES string of the molecule is CCCN1C(=O)NC(=O)C2C3CC(c4ccc(OC)cc4)CC(=O)C3CNC21. The minimum Gasteiger partial charge on any atom is -0.497 e. The molecule has 3 fully saturated rings. The second-order valence-electron chi connectivity index (χ2n) is 8.01. The van der Waals surface area contributed by atoms with Gasteiger partial charge in [-0.15, -0.1) is 0 Å².